The fraction of sp³-hybridized carbons (Fsp3) is 0.577. The van der Waals surface area contributed by atoms with E-state index in [1.807, 2.05) is 0 Å². The molecule has 0 N–H and O–H groups in total. The van der Waals surface area contributed by atoms with Crippen molar-refractivity contribution in [3.63, 3.8) is 0 Å². The molecule has 2 amide bonds. The van der Waals surface area contributed by atoms with Crippen molar-refractivity contribution in [3.05, 3.63) is 41.2 Å². The van der Waals surface area contributed by atoms with E-state index in [-0.39, 0.29) is 44.8 Å². The minimum atomic E-state index is -2.35. The summed E-state index contributed by atoms with van der Waals surface area (Å²) in [6.07, 6.45) is 4.60. The Morgan fingerprint density at radius 3 is 1.49 bits per heavy atom. The number of nitrogens with zero attached hydrogens (tertiary/aromatic N) is 1. The lowest BCUT2D eigenvalue weighted by Crippen LogP contribution is -2.33. The van der Waals surface area contributed by atoms with Crippen molar-refractivity contribution in [2.75, 3.05) is 72.6 Å². The van der Waals surface area contributed by atoms with Gasteiger partial charge in [-0.3, -0.25) is 19.3 Å². The zero-order valence-corrected chi connectivity index (χ0v) is 22.3. The van der Waals surface area contributed by atoms with Crippen LogP contribution in [0.15, 0.2) is 12.2 Å². The quantitative estimate of drug-likeness (QED) is 0.0379. The van der Waals surface area contributed by atoms with Gasteiger partial charge in [-0.25, -0.2) is 13.2 Å². The largest absolute Gasteiger partial charge is 0.420 e. The molecule has 0 bridgehead atoms. The van der Waals surface area contributed by atoms with Crippen molar-refractivity contribution >= 4 is 17.8 Å². The number of halogens is 5. The molecule has 1 aliphatic heterocycles. The van der Waals surface area contributed by atoms with Gasteiger partial charge in [0.1, 0.15) is 0 Å². The van der Waals surface area contributed by atoms with Gasteiger partial charge in [0, 0.05) is 25.4 Å². The molecule has 2 rings (SSSR count). The number of esters is 1. The summed E-state index contributed by atoms with van der Waals surface area (Å²) in [4.78, 5) is 35.5. The van der Waals surface area contributed by atoms with E-state index in [2.05, 4.69) is 4.74 Å². The third-order valence-corrected chi connectivity index (χ3v) is 5.39. The Labute approximate surface area is 233 Å². The second-order valence-corrected chi connectivity index (χ2v) is 8.41. The van der Waals surface area contributed by atoms with Crippen LogP contribution in [0.3, 0.4) is 0 Å². The van der Waals surface area contributed by atoms with Gasteiger partial charge in [0.25, 0.3) is 11.8 Å². The van der Waals surface area contributed by atoms with Crippen molar-refractivity contribution in [2.45, 2.75) is 25.7 Å². The third kappa shape index (κ3) is 12.2. The molecule has 10 nitrogen and oxygen atoms in total. The van der Waals surface area contributed by atoms with Crippen LogP contribution >= 0.6 is 0 Å². The van der Waals surface area contributed by atoms with Crippen molar-refractivity contribution in [2.24, 2.45) is 0 Å². The van der Waals surface area contributed by atoms with Crippen molar-refractivity contribution in [1.29, 1.82) is 0 Å². The van der Waals surface area contributed by atoms with Crippen LogP contribution in [-0.4, -0.2) is 95.3 Å². The molecule has 0 radical (unpaired) electrons. The van der Waals surface area contributed by atoms with Crippen LogP contribution in [0.4, 0.5) is 22.0 Å². The van der Waals surface area contributed by atoms with Crippen LogP contribution < -0.4 is 4.74 Å². The number of unbranched alkanes of at least 4 members (excludes halogenated alkanes) is 2. The number of rotatable bonds is 22. The Morgan fingerprint density at radius 1 is 0.561 bits per heavy atom. The lowest BCUT2D eigenvalue weighted by molar-refractivity contribution is -0.138. The Kier molecular flexibility index (Phi) is 16.0. The zero-order valence-electron chi connectivity index (χ0n) is 22.3. The zero-order chi connectivity index (χ0) is 30.0. The normalized spacial score (nSPS) is 13.0. The van der Waals surface area contributed by atoms with E-state index in [4.69, 9.17) is 23.7 Å². The molecule has 0 aliphatic carbocycles. The number of hydrogen-bond acceptors (Lipinski definition) is 9. The second kappa shape index (κ2) is 19.2. The van der Waals surface area contributed by atoms with E-state index in [9.17, 15) is 36.3 Å². The van der Waals surface area contributed by atoms with Gasteiger partial charge in [0.15, 0.2) is 0 Å². The molecule has 0 saturated carbocycles. The average molecular weight is 598 g/mol. The lowest BCUT2D eigenvalue weighted by atomic mass is 10.2. The molecule has 0 fully saturated rings. The Hall–Kier alpha value is -2.98. The molecule has 1 aromatic rings. The van der Waals surface area contributed by atoms with Crippen LogP contribution in [0, 0.1) is 29.1 Å². The first kappa shape index (κ1) is 34.2. The molecule has 15 heteroatoms. The summed E-state index contributed by atoms with van der Waals surface area (Å²) in [6.45, 7) is 3.10. The van der Waals surface area contributed by atoms with Crippen LogP contribution in [-0.2, 0) is 38.1 Å². The summed E-state index contributed by atoms with van der Waals surface area (Å²) < 4.78 is 97.1. The lowest BCUT2D eigenvalue weighted by Gasteiger charge is -2.13. The fourth-order valence-corrected chi connectivity index (χ4v) is 3.25. The maximum Gasteiger partial charge on any atom is 0.313 e. The summed E-state index contributed by atoms with van der Waals surface area (Å²) in [5.74, 6) is -14.8. The highest BCUT2D eigenvalue weighted by molar-refractivity contribution is 6.12. The van der Waals surface area contributed by atoms with Gasteiger partial charge in [0.05, 0.1) is 65.8 Å². The highest BCUT2D eigenvalue weighted by Gasteiger charge is 2.28. The van der Waals surface area contributed by atoms with Gasteiger partial charge < -0.3 is 28.4 Å². The number of benzene rings is 1. The number of carbonyl (C=O) groups is 3. The highest BCUT2D eigenvalue weighted by Crippen LogP contribution is 2.29. The van der Waals surface area contributed by atoms with Gasteiger partial charge in [-0.15, -0.1) is 0 Å². The summed E-state index contributed by atoms with van der Waals surface area (Å²) in [6, 6.07) is 0. The van der Waals surface area contributed by atoms with E-state index < -0.39 is 47.2 Å². The maximum absolute atomic E-state index is 13.5. The minimum Gasteiger partial charge on any atom is -0.420 e. The standard InChI is InChI=1S/C26H32F5NO9/c27-21-22(28)24(30)26(25(31)23(21)29)41-20(35)6-10-38-13-15-40-17-16-39-14-12-37-9-3-1-2-8-36-11-7-32-18(33)4-5-19(32)34/h4-5H,1-3,6-17H2. The molecular weight excluding hydrogens is 565 g/mol. The number of carbonyl (C=O) groups excluding carboxylic acids is 3. The average Bonchev–Trinajstić information content (AvgIpc) is 3.28. The Balaban J connectivity index is 1.32. The predicted molar refractivity (Wildman–Crippen MR) is 130 cm³/mol. The minimum absolute atomic E-state index is 0.0826. The molecule has 0 saturated heterocycles. The first-order valence-corrected chi connectivity index (χ1v) is 12.9. The van der Waals surface area contributed by atoms with Crippen molar-refractivity contribution in [3.8, 4) is 5.75 Å². The number of hydrogen-bond donors (Lipinski definition) is 0. The summed E-state index contributed by atoms with van der Waals surface area (Å²) in [7, 11) is 0. The first-order chi connectivity index (χ1) is 19.7. The molecule has 1 aliphatic rings. The molecule has 0 aromatic heterocycles. The predicted octanol–water partition coefficient (Wildman–Crippen LogP) is 2.86. The Morgan fingerprint density at radius 2 is 0.976 bits per heavy atom. The van der Waals surface area contributed by atoms with E-state index >= 15 is 0 Å². The number of ether oxygens (including phenoxy) is 6. The smallest absolute Gasteiger partial charge is 0.313 e. The topological polar surface area (TPSA) is 110 Å². The van der Waals surface area contributed by atoms with Crippen LogP contribution in [0.1, 0.15) is 25.7 Å². The van der Waals surface area contributed by atoms with Gasteiger partial charge in [-0.05, 0) is 19.3 Å². The number of imide groups is 1. The fourth-order valence-electron chi connectivity index (χ4n) is 3.25. The molecule has 0 unspecified atom stereocenters. The Bertz CT molecular complexity index is 994. The summed E-state index contributed by atoms with van der Waals surface area (Å²) in [5, 5.41) is 0. The van der Waals surface area contributed by atoms with Gasteiger partial charge in [-0.2, -0.15) is 8.78 Å². The first-order valence-electron chi connectivity index (χ1n) is 12.9. The van der Waals surface area contributed by atoms with E-state index in [0.29, 0.717) is 39.6 Å². The summed E-state index contributed by atoms with van der Waals surface area (Å²) in [5.41, 5.74) is 0. The van der Waals surface area contributed by atoms with Gasteiger partial charge >= 0.3 is 5.97 Å². The van der Waals surface area contributed by atoms with Crippen LogP contribution in [0.2, 0.25) is 0 Å². The monoisotopic (exact) mass is 597 g/mol. The maximum atomic E-state index is 13.5. The van der Waals surface area contributed by atoms with Crippen molar-refractivity contribution < 1.29 is 64.8 Å². The molecule has 0 spiro atoms. The van der Waals surface area contributed by atoms with Crippen LogP contribution in [0.25, 0.3) is 0 Å². The van der Waals surface area contributed by atoms with E-state index in [0.717, 1.165) is 24.2 Å². The molecule has 1 heterocycles. The summed E-state index contributed by atoms with van der Waals surface area (Å²) >= 11 is 0. The third-order valence-electron chi connectivity index (χ3n) is 5.39. The SMILES string of the molecule is O=C(CCOCCOCCOCCOCCCCCOCCN1C(=O)C=CC1=O)Oc1c(F)c(F)c(F)c(F)c1F. The van der Waals surface area contributed by atoms with E-state index in [1.165, 1.54) is 12.2 Å². The van der Waals surface area contributed by atoms with Crippen LogP contribution in [0.5, 0.6) is 5.75 Å². The number of amides is 2. The second-order valence-electron chi connectivity index (χ2n) is 8.41. The molecule has 1 aromatic carbocycles. The van der Waals surface area contributed by atoms with Crippen molar-refractivity contribution in [1.82, 2.24) is 4.90 Å². The molecule has 41 heavy (non-hydrogen) atoms. The molecular formula is C26H32F5NO9. The van der Waals surface area contributed by atoms with Gasteiger partial charge in [-0.1, -0.05) is 0 Å². The molecule has 230 valence electrons. The highest BCUT2D eigenvalue weighted by atomic mass is 19.2. The molecule has 0 atom stereocenters. The van der Waals surface area contributed by atoms with E-state index in [1.54, 1.807) is 0 Å². The van der Waals surface area contributed by atoms with Gasteiger partial charge in [0.2, 0.25) is 34.8 Å².